The SMILES string of the molecule is CCOCCCCNCCC(C)CC1(c2ccc(C)cc2)CCCCC1. The molecule has 2 rings (SSSR count). The van der Waals surface area contributed by atoms with Crippen LogP contribution in [-0.4, -0.2) is 26.3 Å². The van der Waals surface area contributed by atoms with Gasteiger partial charge in [0.15, 0.2) is 0 Å². The van der Waals surface area contributed by atoms with E-state index in [0.717, 1.165) is 32.2 Å². The molecule has 0 radical (unpaired) electrons. The Kier molecular flexibility index (Phi) is 9.71. The Morgan fingerprint density at radius 3 is 2.46 bits per heavy atom. The zero-order chi connectivity index (χ0) is 18.7. The van der Waals surface area contributed by atoms with E-state index in [9.17, 15) is 0 Å². The molecule has 0 spiro atoms. The van der Waals surface area contributed by atoms with Gasteiger partial charge in [0.25, 0.3) is 0 Å². The van der Waals surface area contributed by atoms with Crippen molar-refractivity contribution in [2.24, 2.45) is 5.92 Å². The number of rotatable bonds is 12. The van der Waals surface area contributed by atoms with Crippen molar-refractivity contribution in [3.63, 3.8) is 0 Å². The molecule has 0 aliphatic heterocycles. The third-order valence-corrected chi connectivity index (χ3v) is 6.12. The van der Waals surface area contributed by atoms with E-state index in [-0.39, 0.29) is 0 Å². The van der Waals surface area contributed by atoms with Gasteiger partial charge in [-0.1, -0.05) is 56.0 Å². The maximum absolute atomic E-state index is 5.40. The van der Waals surface area contributed by atoms with Crippen LogP contribution in [0, 0.1) is 12.8 Å². The Labute approximate surface area is 162 Å². The molecular weight excluding hydrogens is 318 g/mol. The van der Waals surface area contributed by atoms with Gasteiger partial charge in [0.05, 0.1) is 0 Å². The molecule has 1 aliphatic rings. The second kappa shape index (κ2) is 11.8. The zero-order valence-corrected chi connectivity index (χ0v) is 17.5. The van der Waals surface area contributed by atoms with Crippen molar-refractivity contribution in [2.75, 3.05) is 26.3 Å². The molecule has 26 heavy (non-hydrogen) atoms. The van der Waals surface area contributed by atoms with E-state index in [1.54, 1.807) is 5.56 Å². The number of hydrogen-bond acceptors (Lipinski definition) is 2. The van der Waals surface area contributed by atoms with Crippen LogP contribution >= 0.6 is 0 Å². The highest BCUT2D eigenvalue weighted by Crippen LogP contribution is 2.44. The van der Waals surface area contributed by atoms with Crippen molar-refractivity contribution in [3.8, 4) is 0 Å². The van der Waals surface area contributed by atoms with E-state index < -0.39 is 0 Å². The van der Waals surface area contributed by atoms with Crippen LogP contribution in [-0.2, 0) is 10.2 Å². The van der Waals surface area contributed by atoms with Crippen LogP contribution in [0.2, 0.25) is 0 Å². The molecule has 1 atom stereocenters. The molecule has 1 aromatic rings. The molecule has 2 nitrogen and oxygen atoms in total. The second-order valence-corrected chi connectivity index (χ2v) is 8.46. The Bertz CT molecular complexity index is 475. The van der Waals surface area contributed by atoms with Gasteiger partial charge in [0, 0.05) is 13.2 Å². The topological polar surface area (TPSA) is 21.3 Å². The fraction of sp³-hybridized carbons (Fsp3) is 0.750. The molecule has 0 bridgehead atoms. The lowest BCUT2D eigenvalue weighted by molar-refractivity contribution is 0.143. The van der Waals surface area contributed by atoms with Crippen LogP contribution in [0.1, 0.15) is 82.8 Å². The largest absolute Gasteiger partial charge is 0.382 e. The smallest absolute Gasteiger partial charge is 0.0466 e. The van der Waals surface area contributed by atoms with Crippen molar-refractivity contribution >= 4 is 0 Å². The molecule has 0 amide bonds. The summed E-state index contributed by atoms with van der Waals surface area (Å²) in [4.78, 5) is 0. The average molecular weight is 360 g/mol. The normalized spacial score (nSPS) is 18.0. The van der Waals surface area contributed by atoms with Crippen molar-refractivity contribution in [2.45, 2.75) is 84.0 Å². The summed E-state index contributed by atoms with van der Waals surface area (Å²) in [5.74, 6) is 0.783. The summed E-state index contributed by atoms with van der Waals surface area (Å²) in [6, 6.07) is 9.42. The van der Waals surface area contributed by atoms with E-state index in [0.29, 0.717) is 5.41 Å². The van der Waals surface area contributed by atoms with Gasteiger partial charge in [0.2, 0.25) is 0 Å². The summed E-state index contributed by atoms with van der Waals surface area (Å²) >= 11 is 0. The zero-order valence-electron chi connectivity index (χ0n) is 17.5. The molecular formula is C24H41NO. The molecule has 0 saturated heterocycles. The van der Waals surface area contributed by atoms with Crippen LogP contribution in [0.4, 0.5) is 0 Å². The molecule has 1 aliphatic carbocycles. The predicted molar refractivity (Wildman–Crippen MR) is 113 cm³/mol. The van der Waals surface area contributed by atoms with Gasteiger partial charge in [-0.25, -0.2) is 0 Å². The average Bonchev–Trinajstić information content (AvgIpc) is 2.65. The van der Waals surface area contributed by atoms with Gasteiger partial charge in [-0.2, -0.15) is 0 Å². The number of aryl methyl sites for hydroxylation is 1. The Morgan fingerprint density at radius 2 is 1.77 bits per heavy atom. The standard InChI is InChI=1S/C24H41NO/c1-4-26-19-9-8-17-25-18-14-22(3)20-24(15-6-5-7-16-24)23-12-10-21(2)11-13-23/h10-13,22,25H,4-9,14-20H2,1-3H3. The highest BCUT2D eigenvalue weighted by molar-refractivity contribution is 5.29. The molecule has 0 heterocycles. The lowest BCUT2D eigenvalue weighted by Gasteiger charge is -2.40. The van der Waals surface area contributed by atoms with E-state index >= 15 is 0 Å². The minimum absolute atomic E-state index is 0.433. The first kappa shape index (κ1) is 21.4. The predicted octanol–water partition coefficient (Wildman–Crippen LogP) is 6.02. The number of hydrogen-bond donors (Lipinski definition) is 1. The number of benzene rings is 1. The molecule has 1 unspecified atom stereocenters. The number of nitrogens with one attached hydrogen (secondary N) is 1. The van der Waals surface area contributed by atoms with Crippen molar-refractivity contribution in [3.05, 3.63) is 35.4 Å². The van der Waals surface area contributed by atoms with E-state index in [2.05, 4.69) is 50.4 Å². The van der Waals surface area contributed by atoms with Crippen LogP contribution in [0.5, 0.6) is 0 Å². The fourth-order valence-electron chi connectivity index (χ4n) is 4.59. The van der Waals surface area contributed by atoms with Gasteiger partial charge in [-0.3, -0.25) is 0 Å². The third-order valence-electron chi connectivity index (χ3n) is 6.12. The van der Waals surface area contributed by atoms with Crippen LogP contribution < -0.4 is 5.32 Å². The molecule has 0 aromatic heterocycles. The summed E-state index contributed by atoms with van der Waals surface area (Å²) < 4.78 is 5.40. The summed E-state index contributed by atoms with van der Waals surface area (Å²) in [6.07, 6.45) is 12.0. The molecule has 1 aromatic carbocycles. The summed E-state index contributed by atoms with van der Waals surface area (Å²) in [6.45, 7) is 10.8. The maximum Gasteiger partial charge on any atom is 0.0466 e. The molecule has 1 N–H and O–H groups in total. The molecule has 1 saturated carbocycles. The summed E-state index contributed by atoms with van der Waals surface area (Å²) in [7, 11) is 0. The van der Waals surface area contributed by atoms with Gasteiger partial charge in [0.1, 0.15) is 0 Å². The quantitative estimate of drug-likeness (QED) is 0.461. The molecule has 148 valence electrons. The van der Waals surface area contributed by atoms with E-state index in [4.69, 9.17) is 4.74 Å². The van der Waals surface area contributed by atoms with Crippen LogP contribution in [0.3, 0.4) is 0 Å². The second-order valence-electron chi connectivity index (χ2n) is 8.46. The minimum atomic E-state index is 0.433. The van der Waals surface area contributed by atoms with Crippen molar-refractivity contribution < 1.29 is 4.74 Å². The minimum Gasteiger partial charge on any atom is -0.382 e. The lowest BCUT2D eigenvalue weighted by atomic mass is 9.65. The first-order valence-corrected chi connectivity index (χ1v) is 11.0. The van der Waals surface area contributed by atoms with Gasteiger partial charge in [-0.05, 0) is 82.4 Å². The first-order chi connectivity index (χ1) is 12.7. The fourth-order valence-corrected chi connectivity index (χ4v) is 4.59. The highest BCUT2D eigenvalue weighted by Gasteiger charge is 2.34. The van der Waals surface area contributed by atoms with Crippen molar-refractivity contribution in [1.82, 2.24) is 5.32 Å². The monoisotopic (exact) mass is 359 g/mol. The van der Waals surface area contributed by atoms with E-state index in [1.165, 1.54) is 63.4 Å². The van der Waals surface area contributed by atoms with E-state index in [1.807, 2.05) is 0 Å². The van der Waals surface area contributed by atoms with Crippen LogP contribution in [0.15, 0.2) is 24.3 Å². The number of ether oxygens (including phenoxy) is 1. The Balaban J connectivity index is 1.76. The summed E-state index contributed by atoms with van der Waals surface area (Å²) in [5.41, 5.74) is 3.41. The Morgan fingerprint density at radius 1 is 1.04 bits per heavy atom. The first-order valence-electron chi connectivity index (χ1n) is 11.0. The Hall–Kier alpha value is -0.860. The van der Waals surface area contributed by atoms with Gasteiger partial charge < -0.3 is 10.1 Å². The molecule has 1 fully saturated rings. The van der Waals surface area contributed by atoms with Gasteiger partial charge in [-0.15, -0.1) is 0 Å². The highest BCUT2D eigenvalue weighted by atomic mass is 16.5. The van der Waals surface area contributed by atoms with Gasteiger partial charge >= 0.3 is 0 Å². The summed E-state index contributed by atoms with van der Waals surface area (Å²) in [5, 5.41) is 3.63. The maximum atomic E-state index is 5.40. The third kappa shape index (κ3) is 7.04. The van der Waals surface area contributed by atoms with Crippen LogP contribution in [0.25, 0.3) is 0 Å². The van der Waals surface area contributed by atoms with Crippen molar-refractivity contribution in [1.29, 1.82) is 0 Å². The lowest BCUT2D eigenvalue weighted by Crippen LogP contribution is -2.32. The molecule has 2 heteroatoms. The number of unbranched alkanes of at least 4 members (excludes halogenated alkanes) is 1.